The first kappa shape index (κ1) is 14.9. The van der Waals surface area contributed by atoms with Crippen molar-refractivity contribution in [3.05, 3.63) is 0 Å². The monoisotopic (exact) mass is 242 g/mol. The van der Waals surface area contributed by atoms with Gasteiger partial charge in [0.1, 0.15) is 0 Å². The Hall–Kier alpha value is -0.160. The van der Waals surface area contributed by atoms with Gasteiger partial charge in [-0.05, 0) is 52.6 Å². The molecule has 0 aromatic carbocycles. The van der Waals surface area contributed by atoms with Gasteiger partial charge in [0.2, 0.25) is 0 Å². The molecule has 4 heteroatoms. The van der Waals surface area contributed by atoms with E-state index in [0.29, 0.717) is 0 Å². The number of hydrogen-bond acceptors (Lipinski definition) is 4. The average molecular weight is 242 g/mol. The van der Waals surface area contributed by atoms with Crippen LogP contribution in [-0.4, -0.2) is 75.8 Å². The quantitative estimate of drug-likeness (QED) is 0.688. The van der Waals surface area contributed by atoms with Crippen LogP contribution in [0.15, 0.2) is 0 Å². The minimum atomic E-state index is 1.11. The molecule has 1 fully saturated rings. The molecule has 0 atom stereocenters. The molecule has 1 aliphatic heterocycles. The summed E-state index contributed by atoms with van der Waals surface area (Å²) < 4.78 is 0. The molecule has 0 radical (unpaired) electrons. The second-order valence-corrected chi connectivity index (χ2v) is 4.94. The van der Waals surface area contributed by atoms with E-state index in [1.165, 1.54) is 39.0 Å². The van der Waals surface area contributed by atoms with Crippen molar-refractivity contribution in [2.24, 2.45) is 0 Å². The number of hydrogen-bond donors (Lipinski definition) is 2. The van der Waals surface area contributed by atoms with E-state index >= 15 is 0 Å². The van der Waals surface area contributed by atoms with Gasteiger partial charge >= 0.3 is 0 Å². The van der Waals surface area contributed by atoms with Crippen molar-refractivity contribution in [1.82, 2.24) is 20.4 Å². The Balaban J connectivity index is 2.23. The molecule has 0 spiro atoms. The lowest BCUT2D eigenvalue weighted by Crippen LogP contribution is -2.38. The minimum Gasteiger partial charge on any atom is -0.317 e. The lowest BCUT2D eigenvalue weighted by molar-refractivity contribution is 0.271. The molecule has 1 heterocycles. The summed E-state index contributed by atoms with van der Waals surface area (Å²) in [5, 5.41) is 7.07. The van der Waals surface area contributed by atoms with Gasteiger partial charge < -0.3 is 20.4 Å². The van der Waals surface area contributed by atoms with Crippen molar-refractivity contribution < 1.29 is 0 Å². The van der Waals surface area contributed by atoms with Crippen LogP contribution in [0.2, 0.25) is 0 Å². The Labute approximate surface area is 107 Å². The summed E-state index contributed by atoms with van der Waals surface area (Å²) in [6.45, 7) is 12.7. The van der Waals surface area contributed by atoms with Gasteiger partial charge in [-0.15, -0.1) is 0 Å². The zero-order valence-electron chi connectivity index (χ0n) is 11.7. The van der Waals surface area contributed by atoms with Crippen LogP contribution in [-0.2, 0) is 0 Å². The van der Waals surface area contributed by atoms with Crippen LogP contribution in [0, 0.1) is 0 Å². The third kappa shape index (κ3) is 7.71. The smallest absolute Gasteiger partial charge is 0.0107 e. The van der Waals surface area contributed by atoms with Gasteiger partial charge in [-0.25, -0.2) is 0 Å². The summed E-state index contributed by atoms with van der Waals surface area (Å²) >= 11 is 0. The summed E-state index contributed by atoms with van der Waals surface area (Å²) in [7, 11) is 2.21. The summed E-state index contributed by atoms with van der Waals surface area (Å²) in [5.74, 6) is 0. The predicted octanol–water partition coefficient (Wildman–Crippen LogP) is 0.213. The van der Waals surface area contributed by atoms with Gasteiger partial charge in [0.05, 0.1) is 0 Å². The molecule has 0 aromatic heterocycles. The molecule has 1 rings (SSSR count). The van der Waals surface area contributed by atoms with Crippen LogP contribution in [0.5, 0.6) is 0 Å². The molecule has 0 amide bonds. The molecule has 17 heavy (non-hydrogen) atoms. The van der Waals surface area contributed by atoms with Crippen LogP contribution in [0.4, 0.5) is 0 Å². The van der Waals surface area contributed by atoms with E-state index in [2.05, 4.69) is 34.4 Å². The van der Waals surface area contributed by atoms with Gasteiger partial charge in [0.15, 0.2) is 0 Å². The van der Waals surface area contributed by atoms with E-state index in [-0.39, 0.29) is 0 Å². The van der Waals surface area contributed by atoms with Crippen molar-refractivity contribution in [1.29, 1.82) is 0 Å². The number of nitrogens with one attached hydrogen (secondary N) is 2. The molecule has 0 bridgehead atoms. The Morgan fingerprint density at radius 1 is 0.824 bits per heavy atom. The Bertz CT molecular complexity index is 175. The van der Waals surface area contributed by atoms with Crippen LogP contribution >= 0.6 is 0 Å². The first-order valence-electron chi connectivity index (χ1n) is 7.15. The van der Waals surface area contributed by atoms with Crippen LogP contribution in [0.3, 0.4) is 0 Å². The normalized spacial score (nSPS) is 24.4. The van der Waals surface area contributed by atoms with Crippen LogP contribution in [0.1, 0.15) is 19.8 Å². The van der Waals surface area contributed by atoms with Gasteiger partial charge in [0, 0.05) is 26.2 Å². The molecule has 0 aromatic rings. The molecule has 4 nitrogen and oxygen atoms in total. The van der Waals surface area contributed by atoms with Crippen molar-refractivity contribution in [3.63, 3.8) is 0 Å². The van der Waals surface area contributed by atoms with E-state index in [1.807, 2.05) is 0 Å². The first-order valence-corrected chi connectivity index (χ1v) is 7.15. The third-order valence-electron chi connectivity index (χ3n) is 3.44. The van der Waals surface area contributed by atoms with Gasteiger partial charge in [-0.1, -0.05) is 6.92 Å². The second-order valence-electron chi connectivity index (χ2n) is 4.94. The fourth-order valence-corrected chi connectivity index (χ4v) is 2.20. The van der Waals surface area contributed by atoms with Crippen LogP contribution in [0.25, 0.3) is 0 Å². The number of rotatable bonds is 1. The highest BCUT2D eigenvalue weighted by Crippen LogP contribution is 1.91. The molecule has 1 saturated heterocycles. The van der Waals surface area contributed by atoms with Crippen LogP contribution < -0.4 is 10.6 Å². The molecular formula is C13H30N4. The van der Waals surface area contributed by atoms with E-state index in [9.17, 15) is 0 Å². The summed E-state index contributed by atoms with van der Waals surface area (Å²) in [6, 6.07) is 0. The summed E-state index contributed by atoms with van der Waals surface area (Å²) in [5.41, 5.74) is 0. The summed E-state index contributed by atoms with van der Waals surface area (Å²) in [4.78, 5) is 4.95. The molecule has 0 aliphatic carbocycles. The Morgan fingerprint density at radius 3 is 2.24 bits per heavy atom. The predicted molar refractivity (Wildman–Crippen MR) is 74.6 cm³/mol. The second kappa shape index (κ2) is 9.83. The van der Waals surface area contributed by atoms with E-state index < -0.39 is 0 Å². The Kier molecular flexibility index (Phi) is 8.61. The van der Waals surface area contributed by atoms with Crippen molar-refractivity contribution in [2.45, 2.75) is 19.8 Å². The highest BCUT2D eigenvalue weighted by atomic mass is 15.1. The maximum absolute atomic E-state index is 3.54. The molecule has 2 N–H and O–H groups in total. The minimum absolute atomic E-state index is 1.11. The van der Waals surface area contributed by atoms with Crippen molar-refractivity contribution in [2.75, 3.05) is 66.0 Å². The molecule has 0 unspecified atom stereocenters. The lowest BCUT2D eigenvalue weighted by atomic mass is 10.3. The lowest BCUT2D eigenvalue weighted by Gasteiger charge is -2.22. The zero-order chi connectivity index (χ0) is 12.3. The largest absolute Gasteiger partial charge is 0.317 e. The Morgan fingerprint density at radius 2 is 1.47 bits per heavy atom. The molecular weight excluding hydrogens is 212 g/mol. The highest BCUT2D eigenvalue weighted by molar-refractivity contribution is 4.63. The fraction of sp³-hybridized carbons (Fsp3) is 1.00. The van der Waals surface area contributed by atoms with E-state index in [1.54, 1.807) is 0 Å². The first-order chi connectivity index (χ1) is 8.33. The number of likely N-dealkylation sites (N-methyl/N-ethyl adjacent to an activating group) is 2. The van der Waals surface area contributed by atoms with E-state index in [4.69, 9.17) is 0 Å². The van der Waals surface area contributed by atoms with Crippen molar-refractivity contribution in [3.8, 4) is 0 Å². The number of nitrogens with zero attached hydrogens (tertiary/aromatic N) is 2. The molecule has 1 aliphatic rings. The van der Waals surface area contributed by atoms with Gasteiger partial charge in [-0.3, -0.25) is 0 Å². The third-order valence-corrected chi connectivity index (χ3v) is 3.44. The standard InChI is InChI=1S/C13H30N4/c1-3-17-11-5-7-14-6-4-10-16(2)12-8-15-9-13-17/h14-15H,3-13H2,1-2H3. The van der Waals surface area contributed by atoms with Crippen molar-refractivity contribution >= 4 is 0 Å². The summed E-state index contributed by atoms with van der Waals surface area (Å²) in [6.07, 6.45) is 2.53. The SMILES string of the molecule is CCN1CCCNCCCN(C)CCNCC1. The highest BCUT2D eigenvalue weighted by Gasteiger charge is 2.03. The molecule has 0 saturated carbocycles. The molecule has 102 valence electrons. The van der Waals surface area contributed by atoms with E-state index in [0.717, 1.165) is 32.7 Å². The average Bonchev–Trinajstić information content (AvgIpc) is 2.34. The topological polar surface area (TPSA) is 30.5 Å². The maximum Gasteiger partial charge on any atom is 0.0107 e. The van der Waals surface area contributed by atoms with Gasteiger partial charge in [0.25, 0.3) is 0 Å². The maximum atomic E-state index is 3.54. The fourth-order valence-electron chi connectivity index (χ4n) is 2.20. The zero-order valence-corrected chi connectivity index (χ0v) is 11.7. The van der Waals surface area contributed by atoms with Gasteiger partial charge in [-0.2, -0.15) is 0 Å².